The Labute approximate surface area is 502 Å². The van der Waals surface area contributed by atoms with E-state index < -0.39 is 68.7 Å². The number of aliphatic hydroxyl groups is 1. The monoisotopic (exact) mass is 1240 g/mol. The Hall–Kier alpha value is -6.88. The summed E-state index contributed by atoms with van der Waals surface area (Å²) in [4.78, 5) is 66.0. The van der Waals surface area contributed by atoms with Gasteiger partial charge in [-0.2, -0.15) is 12.7 Å². The van der Waals surface area contributed by atoms with Crippen LogP contribution >= 0.6 is 11.3 Å². The highest BCUT2D eigenvalue weighted by molar-refractivity contribution is 7.90. The number of hydrogen-bond donors (Lipinski definition) is 5. The second-order valence-electron chi connectivity index (χ2n) is 21.4. The zero-order valence-corrected chi connectivity index (χ0v) is 50.6. The molecule has 6 aromatic rings. The van der Waals surface area contributed by atoms with Gasteiger partial charge in [-0.3, -0.25) is 23.9 Å². The van der Waals surface area contributed by atoms with E-state index >= 15 is 4.39 Å². The number of hydrogen-bond acceptors (Lipinski definition) is 16. The molecule has 86 heavy (non-hydrogen) atoms. The number of aryl methyl sites for hydroxylation is 1. The van der Waals surface area contributed by atoms with Crippen LogP contribution in [0.15, 0.2) is 84.6 Å². The molecule has 21 nitrogen and oxygen atoms in total. The number of ether oxygens (including phenoxy) is 6. The number of likely N-dealkylation sites (tertiary alicyclic amines) is 1. The lowest BCUT2D eigenvalue weighted by Gasteiger charge is -2.35. The highest BCUT2D eigenvalue weighted by atomic mass is 32.2. The summed E-state index contributed by atoms with van der Waals surface area (Å²) in [5, 5.41) is 16.2. The maximum Gasteiger partial charge on any atom is 0.301 e. The number of amides is 3. The molecule has 3 aromatic heterocycles. The van der Waals surface area contributed by atoms with Crippen molar-refractivity contribution in [3.8, 4) is 27.3 Å². The number of rotatable bonds is 29. The summed E-state index contributed by atoms with van der Waals surface area (Å²) in [6.07, 6.45) is 1.16. The number of alkyl halides is 1. The first-order valence-electron chi connectivity index (χ1n) is 28.2. The number of carbonyl (C=O) groups excluding carboxylic acids is 4. The quantitative estimate of drug-likeness (QED) is 0.0230. The highest BCUT2D eigenvalue weighted by Crippen LogP contribution is 2.32. The number of methoxy groups -OCH3 is 1. The predicted molar refractivity (Wildman–Crippen MR) is 318 cm³/mol. The van der Waals surface area contributed by atoms with E-state index in [0.717, 1.165) is 43.7 Å². The van der Waals surface area contributed by atoms with E-state index in [9.17, 15) is 41.5 Å². The number of nitrogens with one attached hydrogen (secondary N) is 4. The number of anilines is 1. The number of H-pyrrole nitrogens is 1. The van der Waals surface area contributed by atoms with E-state index in [-0.39, 0.29) is 62.2 Å². The Bertz CT molecular complexity index is 3330. The van der Waals surface area contributed by atoms with Gasteiger partial charge in [0.15, 0.2) is 5.82 Å². The highest BCUT2D eigenvalue weighted by Gasteiger charge is 2.44. The third-order valence-electron chi connectivity index (χ3n) is 14.0. The molecule has 4 atom stereocenters. The van der Waals surface area contributed by atoms with Gasteiger partial charge in [0, 0.05) is 75.0 Å². The van der Waals surface area contributed by atoms with Gasteiger partial charge in [0.1, 0.15) is 42.1 Å². The zero-order chi connectivity index (χ0) is 62.0. The number of aromatic nitrogens is 3. The average Bonchev–Trinajstić information content (AvgIpc) is 1.89. The van der Waals surface area contributed by atoms with Gasteiger partial charge in [-0.25, -0.2) is 23.1 Å². The number of thiazole rings is 1. The maximum absolute atomic E-state index is 15.6. The van der Waals surface area contributed by atoms with Gasteiger partial charge in [-0.15, -0.1) is 11.3 Å². The van der Waals surface area contributed by atoms with Gasteiger partial charge < -0.3 is 54.0 Å². The molecule has 0 aliphatic carbocycles. The number of aromatic amines is 1. The summed E-state index contributed by atoms with van der Waals surface area (Å²) < 4.78 is 105. The van der Waals surface area contributed by atoms with Crippen molar-refractivity contribution in [1.82, 2.24) is 34.8 Å². The summed E-state index contributed by atoms with van der Waals surface area (Å²) in [6.45, 7) is 13.7. The number of nitrogens with zero attached hydrogens (tertiary/aromatic N) is 4. The Morgan fingerprint density at radius 2 is 1.49 bits per heavy atom. The molecule has 8 rings (SSSR count). The number of ketones is 1. The standard InChI is InChI=1S/C35H41F3N4O9S.C25H34N4O4S/c1-46-10-11-47-12-13-48-14-15-49-16-17-50-18-19-51-27-4-2-24(3-5-27)25-20-28-29(22-40-35(28)39-21-25)34(43)32-30(37)6-7-31(33(32)38)41-52(44,45)42-9-8-26(36)23-42;1-6-20(31)28-22(25(3,4)5)24(33)29-13-18(30)11-19(29)23(32)26-12-16-7-9-17(10-8-16)21-15(2)27-14-34-21/h2-7,20-22,26,41H,8-19,23H2,1H3,(H,39,40);7-10,14,18-19,22,30H,6,11-13H2,1-5H3,(H,26,32)(H,28,31)/t26-;18-,19+,22-/m11/s1. The van der Waals surface area contributed by atoms with Gasteiger partial charge in [0.05, 0.1) is 92.9 Å². The lowest BCUT2D eigenvalue weighted by atomic mass is 9.85. The number of pyridine rings is 1. The average molecular weight is 1240 g/mol. The third-order valence-corrected chi connectivity index (χ3v) is 16.5. The third kappa shape index (κ3) is 18.3. The summed E-state index contributed by atoms with van der Waals surface area (Å²) in [7, 11) is -2.72. The SMILES string of the molecule is CCC(=O)N[C@H](C(=O)N1C[C@H](O)C[C@H]1C(=O)NCc1ccc(-c2scnc2C)cc1)C(C)(C)C.COCCOCCOCCOCCOCCOc1ccc(-c2cnc3[nH]cc(C(=O)c4c(F)ccc(NS(=O)(=O)N5CC[C@@H](F)C5)c4F)c3c2)cc1. The van der Waals surface area contributed by atoms with E-state index in [0.29, 0.717) is 95.0 Å². The van der Waals surface area contributed by atoms with Crippen molar-refractivity contribution in [3.63, 3.8) is 0 Å². The van der Waals surface area contributed by atoms with Gasteiger partial charge in [-0.1, -0.05) is 64.1 Å². The van der Waals surface area contributed by atoms with Crippen molar-refractivity contribution < 1.29 is 74.3 Å². The molecule has 2 fully saturated rings. The first-order chi connectivity index (χ1) is 41.2. The van der Waals surface area contributed by atoms with Crippen molar-refractivity contribution in [2.45, 2.75) is 84.8 Å². The van der Waals surface area contributed by atoms with E-state index in [1.807, 2.05) is 62.2 Å². The molecule has 0 radical (unpaired) electrons. The first kappa shape index (κ1) is 66.6. The molecular formula is C60H75F3N8O13S2. The van der Waals surface area contributed by atoms with Crippen LogP contribution in [0.3, 0.4) is 0 Å². The number of halogens is 3. The van der Waals surface area contributed by atoms with Crippen molar-refractivity contribution in [2.75, 3.05) is 97.5 Å². The molecule has 2 aliphatic rings. The molecule has 0 unspecified atom stereocenters. The number of benzene rings is 3. The minimum atomic E-state index is -4.34. The molecule has 0 spiro atoms. The Balaban J connectivity index is 0.000000269. The topological polar surface area (TPSA) is 262 Å². The minimum Gasteiger partial charge on any atom is -0.491 e. The number of aliphatic hydroxyl groups excluding tert-OH is 1. The normalized spacial score (nSPS) is 16.6. The van der Waals surface area contributed by atoms with Crippen molar-refractivity contribution in [2.24, 2.45) is 5.41 Å². The lowest BCUT2D eigenvalue weighted by Crippen LogP contribution is -2.57. The number of β-amino-alcohol motifs (C(OH)–C–C–N with tert-alkyl or cyclic N) is 1. The molecule has 3 amide bonds. The van der Waals surface area contributed by atoms with Crippen LogP contribution in [-0.4, -0.2) is 178 Å². The van der Waals surface area contributed by atoms with Crippen LogP contribution in [0.25, 0.3) is 32.6 Å². The van der Waals surface area contributed by atoms with E-state index in [4.69, 9.17) is 28.4 Å². The Morgan fingerprint density at radius 3 is 2.08 bits per heavy atom. The lowest BCUT2D eigenvalue weighted by molar-refractivity contribution is -0.144. The van der Waals surface area contributed by atoms with Crippen LogP contribution in [-0.2, 0) is 54.8 Å². The second-order valence-corrected chi connectivity index (χ2v) is 23.9. The van der Waals surface area contributed by atoms with Crippen LogP contribution in [0.4, 0.5) is 18.9 Å². The summed E-state index contributed by atoms with van der Waals surface area (Å²) in [5.74, 6) is -3.89. The van der Waals surface area contributed by atoms with E-state index in [1.54, 1.807) is 61.9 Å². The fourth-order valence-electron chi connectivity index (χ4n) is 9.34. The first-order valence-corrected chi connectivity index (χ1v) is 30.5. The predicted octanol–water partition coefficient (Wildman–Crippen LogP) is 7.17. The molecule has 0 bridgehead atoms. The summed E-state index contributed by atoms with van der Waals surface area (Å²) in [6, 6.07) is 16.8. The fraction of sp³-hybridized carbons (Fsp3) is 0.467. The van der Waals surface area contributed by atoms with E-state index in [2.05, 4.69) is 25.6 Å². The molecular weight excluding hydrogens is 1160 g/mol. The van der Waals surface area contributed by atoms with Crippen LogP contribution in [0.2, 0.25) is 0 Å². The van der Waals surface area contributed by atoms with Crippen molar-refractivity contribution >= 4 is 61.8 Å². The largest absolute Gasteiger partial charge is 0.491 e. The van der Waals surface area contributed by atoms with Crippen LogP contribution < -0.4 is 20.1 Å². The van der Waals surface area contributed by atoms with Crippen molar-refractivity contribution in [1.29, 1.82) is 0 Å². The van der Waals surface area contributed by atoms with Gasteiger partial charge in [-0.05, 0) is 65.8 Å². The minimum absolute atomic E-state index is 0.00366. The number of fused-ring (bicyclic) bond motifs is 1. The second kappa shape index (κ2) is 31.7. The summed E-state index contributed by atoms with van der Waals surface area (Å²) >= 11 is 1.59. The molecule has 0 saturated carbocycles. The zero-order valence-electron chi connectivity index (χ0n) is 49.0. The van der Waals surface area contributed by atoms with Gasteiger partial charge in [0.2, 0.25) is 23.5 Å². The molecule has 5 heterocycles. The maximum atomic E-state index is 15.6. The Kier molecular flexibility index (Phi) is 24.5. The van der Waals surface area contributed by atoms with Gasteiger partial charge in [0.25, 0.3) is 0 Å². The summed E-state index contributed by atoms with van der Waals surface area (Å²) in [5.41, 5.74) is 4.27. The van der Waals surface area contributed by atoms with Crippen LogP contribution in [0, 0.1) is 24.0 Å². The molecule has 2 aliphatic heterocycles. The molecule has 3 aromatic carbocycles. The number of carbonyl (C=O) groups is 4. The molecule has 26 heteroatoms. The van der Waals surface area contributed by atoms with Gasteiger partial charge >= 0.3 is 10.2 Å². The van der Waals surface area contributed by atoms with E-state index in [1.165, 1.54) is 11.1 Å². The van der Waals surface area contributed by atoms with Crippen molar-refractivity contribution in [3.05, 3.63) is 119 Å². The fourth-order valence-corrected chi connectivity index (χ4v) is 11.4. The van der Waals surface area contributed by atoms with Crippen LogP contribution in [0.5, 0.6) is 5.75 Å². The molecule has 2 saturated heterocycles. The smallest absolute Gasteiger partial charge is 0.301 e. The molecule has 5 N–H and O–H groups in total. The van der Waals surface area contributed by atoms with Crippen LogP contribution in [0.1, 0.15) is 74.1 Å². The molecule has 466 valence electrons. The Morgan fingerprint density at radius 1 is 0.849 bits per heavy atom.